The van der Waals surface area contributed by atoms with Gasteiger partial charge in [-0.05, 0) is 15.6 Å². The summed E-state index contributed by atoms with van der Waals surface area (Å²) in [7, 11) is -2.54. The maximum absolute atomic E-state index is 6.64. The van der Waals surface area contributed by atoms with Gasteiger partial charge in [0.2, 0.25) is 0 Å². The fourth-order valence-corrected chi connectivity index (χ4v) is 9.23. The first-order valence-electron chi connectivity index (χ1n) is 7.52. The van der Waals surface area contributed by atoms with Crippen molar-refractivity contribution in [2.75, 3.05) is 0 Å². The fourth-order valence-electron chi connectivity index (χ4n) is 3.04. The Bertz CT molecular complexity index is 842. The molecule has 0 nitrogen and oxygen atoms in total. The van der Waals surface area contributed by atoms with Crippen LogP contribution in [0.1, 0.15) is 0 Å². The molecule has 0 aliphatic heterocycles. The molecule has 0 bridgehead atoms. The third-order valence-corrected chi connectivity index (χ3v) is 11.5. The summed E-state index contributed by atoms with van der Waals surface area (Å²) in [6, 6.07) is 20.3. The molecular formula is C19H13Cl5Si. The van der Waals surface area contributed by atoms with Crippen LogP contribution >= 0.6 is 58.0 Å². The molecule has 3 rings (SSSR count). The van der Waals surface area contributed by atoms with E-state index in [-0.39, 0.29) is 15.1 Å². The normalized spacial score (nSPS) is 11.6. The van der Waals surface area contributed by atoms with Crippen LogP contribution < -0.4 is 15.6 Å². The zero-order chi connectivity index (χ0) is 18.2. The van der Waals surface area contributed by atoms with Gasteiger partial charge in [0.15, 0.2) is 0 Å². The lowest BCUT2D eigenvalue weighted by Crippen LogP contribution is -2.65. The summed E-state index contributed by atoms with van der Waals surface area (Å²) in [5, 5.41) is 4.45. The highest BCUT2D eigenvalue weighted by Crippen LogP contribution is 2.40. The SMILES string of the molecule is C[Si](c1ccccc1)(c1ccccc1)c1c(Cl)c(Cl)c(Cl)c(Cl)c1Cl. The molecule has 25 heavy (non-hydrogen) atoms. The summed E-state index contributed by atoms with van der Waals surface area (Å²) < 4.78 is 0. The van der Waals surface area contributed by atoms with Crippen molar-refractivity contribution >= 4 is 81.6 Å². The van der Waals surface area contributed by atoms with E-state index >= 15 is 0 Å². The predicted octanol–water partition coefficient (Wildman–Crippen LogP) is 6.05. The highest BCUT2D eigenvalue weighted by molar-refractivity contribution is 7.12. The molecule has 6 heteroatoms. The van der Waals surface area contributed by atoms with Gasteiger partial charge in [0.25, 0.3) is 0 Å². The Morgan fingerprint density at radius 1 is 0.520 bits per heavy atom. The molecule has 0 amide bonds. The van der Waals surface area contributed by atoms with Crippen molar-refractivity contribution in [3.8, 4) is 0 Å². The van der Waals surface area contributed by atoms with E-state index in [4.69, 9.17) is 58.0 Å². The predicted molar refractivity (Wildman–Crippen MR) is 115 cm³/mol. The molecule has 3 aromatic rings. The molecule has 0 radical (unpaired) electrons. The number of benzene rings is 3. The first-order chi connectivity index (χ1) is 11.9. The molecule has 0 fully saturated rings. The summed E-state index contributed by atoms with van der Waals surface area (Å²) >= 11 is 32.2. The van der Waals surface area contributed by atoms with Crippen LogP contribution in [0.4, 0.5) is 0 Å². The Balaban J connectivity index is 2.44. The monoisotopic (exact) mass is 444 g/mol. The van der Waals surface area contributed by atoms with E-state index in [0.29, 0.717) is 10.0 Å². The molecule has 0 atom stereocenters. The Hall–Kier alpha value is -0.673. The molecule has 128 valence electrons. The molecule has 3 aromatic carbocycles. The highest BCUT2D eigenvalue weighted by atomic mass is 35.5. The molecule has 0 N–H and O–H groups in total. The largest absolute Gasteiger partial charge is 0.149 e. The standard InChI is InChI=1S/C19H13Cl5Si/c1-25(12-8-4-2-5-9-12,13-10-6-3-7-11-13)19-17(23)15(21)14(20)16(22)18(19)24/h2-11H,1H3. The molecule has 0 spiro atoms. The Morgan fingerprint density at radius 2 is 0.840 bits per heavy atom. The summed E-state index contributed by atoms with van der Waals surface area (Å²) in [6.07, 6.45) is 0. The van der Waals surface area contributed by atoms with Crippen LogP contribution in [0.5, 0.6) is 0 Å². The van der Waals surface area contributed by atoms with Gasteiger partial charge < -0.3 is 0 Å². The average molecular weight is 447 g/mol. The molecular weight excluding hydrogens is 434 g/mol. The molecule has 0 aliphatic carbocycles. The lowest BCUT2D eigenvalue weighted by molar-refractivity contribution is 1.66. The van der Waals surface area contributed by atoms with Gasteiger partial charge in [0.1, 0.15) is 8.07 Å². The summed E-state index contributed by atoms with van der Waals surface area (Å²) in [5.41, 5.74) is 0. The summed E-state index contributed by atoms with van der Waals surface area (Å²) in [4.78, 5) is 0. The lowest BCUT2D eigenvalue weighted by atomic mass is 10.3. The van der Waals surface area contributed by atoms with E-state index < -0.39 is 8.07 Å². The zero-order valence-electron chi connectivity index (χ0n) is 13.2. The number of halogens is 5. The van der Waals surface area contributed by atoms with Crippen molar-refractivity contribution in [2.24, 2.45) is 0 Å². The quantitative estimate of drug-likeness (QED) is 0.199. The molecule has 0 aliphatic rings. The lowest BCUT2D eigenvalue weighted by Gasteiger charge is -2.32. The molecule has 0 aromatic heterocycles. The second kappa shape index (κ2) is 7.52. The van der Waals surface area contributed by atoms with Gasteiger partial charge in [0, 0.05) is 0 Å². The second-order valence-corrected chi connectivity index (χ2v) is 11.6. The third kappa shape index (κ3) is 3.23. The molecule has 0 heterocycles. The minimum Gasteiger partial charge on any atom is -0.0827 e. The number of rotatable bonds is 3. The first kappa shape index (κ1) is 19.1. The van der Waals surface area contributed by atoms with Crippen LogP contribution in [0.2, 0.25) is 31.7 Å². The molecule has 0 saturated carbocycles. The van der Waals surface area contributed by atoms with Crippen LogP contribution in [-0.2, 0) is 0 Å². The van der Waals surface area contributed by atoms with Crippen molar-refractivity contribution in [3.05, 3.63) is 85.8 Å². The minimum atomic E-state index is -2.54. The van der Waals surface area contributed by atoms with Gasteiger partial charge in [-0.2, -0.15) is 0 Å². The van der Waals surface area contributed by atoms with E-state index in [1.165, 1.54) is 0 Å². The topological polar surface area (TPSA) is 0 Å². The maximum atomic E-state index is 6.64. The van der Waals surface area contributed by atoms with E-state index in [9.17, 15) is 0 Å². The third-order valence-electron chi connectivity index (χ3n) is 4.41. The van der Waals surface area contributed by atoms with Crippen LogP contribution in [0.3, 0.4) is 0 Å². The maximum Gasteiger partial charge on any atom is 0.149 e. The van der Waals surface area contributed by atoms with E-state index in [1.807, 2.05) is 36.4 Å². The molecule has 0 saturated heterocycles. The Kier molecular flexibility index (Phi) is 5.74. The van der Waals surface area contributed by atoms with E-state index in [2.05, 4.69) is 30.8 Å². The van der Waals surface area contributed by atoms with Gasteiger partial charge in [-0.1, -0.05) is 125 Å². The number of hydrogen-bond acceptors (Lipinski definition) is 0. The summed E-state index contributed by atoms with van der Waals surface area (Å²) in [6.45, 7) is 2.19. The second-order valence-electron chi connectivity index (χ2n) is 5.80. The van der Waals surface area contributed by atoms with Crippen molar-refractivity contribution in [3.63, 3.8) is 0 Å². The van der Waals surface area contributed by atoms with Gasteiger partial charge in [-0.15, -0.1) is 0 Å². The number of hydrogen-bond donors (Lipinski definition) is 0. The van der Waals surface area contributed by atoms with Crippen molar-refractivity contribution in [1.29, 1.82) is 0 Å². The van der Waals surface area contributed by atoms with Crippen LogP contribution in [-0.4, -0.2) is 8.07 Å². The smallest absolute Gasteiger partial charge is 0.0827 e. The zero-order valence-corrected chi connectivity index (χ0v) is 17.9. The van der Waals surface area contributed by atoms with Gasteiger partial charge in [-0.25, -0.2) is 0 Å². The van der Waals surface area contributed by atoms with Gasteiger partial charge in [-0.3, -0.25) is 0 Å². The minimum absolute atomic E-state index is 0.180. The molecule has 0 unspecified atom stereocenters. The van der Waals surface area contributed by atoms with Crippen LogP contribution in [0.25, 0.3) is 0 Å². The fraction of sp³-hybridized carbons (Fsp3) is 0.0526. The van der Waals surface area contributed by atoms with Gasteiger partial charge >= 0.3 is 0 Å². The Morgan fingerprint density at radius 3 is 1.20 bits per heavy atom. The highest BCUT2D eigenvalue weighted by Gasteiger charge is 2.39. The van der Waals surface area contributed by atoms with Crippen LogP contribution in [0, 0.1) is 0 Å². The van der Waals surface area contributed by atoms with Gasteiger partial charge in [0.05, 0.1) is 25.1 Å². The van der Waals surface area contributed by atoms with E-state index in [0.717, 1.165) is 15.6 Å². The van der Waals surface area contributed by atoms with E-state index in [1.54, 1.807) is 0 Å². The average Bonchev–Trinajstić information content (AvgIpc) is 2.66. The van der Waals surface area contributed by atoms with Crippen molar-refractivity contribution in [1.82, 2.24) is 0 Å². The van der Waals surface area contributed by atoms with Crippen molar-refractivity contribution in [2.45, 2.75) is 6.55 Å². The summed E-state index contributed by atoms with van der Waals surface area (Å²) in [5.74, 6) is 0. The van der Waals surface area contributed by atoms with Crippen LogP contribution in [0.15, 0.2) is 60.7 Å². The Labute approximate surface area is 173 Å². The first-order valence-corrected chi connectivity index (χ1v) is 11.9. The van der Waals surface area contributed by atoms with Crippen molar-refractivity contribution < 1.29 is 0 Å².